The largest absolute Gasteiger partial charge is 0.423 e. The molecule has 0 aliphatic carbocycles. The minimum Gasteiger partial charge on any atom is -0.423 e. The van der Waals surface area contributed by atoms with E-state index in [9.17, 15) is 19.7 Å². The molecule has 0 saturated carbocycles. The Morgan fingerprint density at radius 2 is 1.70 bits per heavy atom. The molecular formula is C22H15N3O5. The second-order valence-electron chi connectivity index (χ2n) is 6.53. The van der Waals surface area contributed by atoms with E-state index in [0.717, 1.165) is 11.1 Å². The highest BCUT2D eigenvalue weighted by Crippen LogP contribution is 2.33. The molecule has 0 saturated heterocycles. The van der Waals surface area contributed by atoms with Gasteiger partial charge in [0.05, 0.1) is 10.6 Å². The molecule has 148 valence electrons. The number of anilines is 2. The van der Waals surface area contributed by atoms with E-state index in [1.54, 1.807) is 24.3 Å². The first-order valence-corrected chi connectivity index (χ1v) is 8.91. The summed E-state index contributed by atoms with van der Waals surface area (Å²) in [6, 6.07) is 19.4. The van der Waals surface area contributed by atoms with Crippen molar-refractivity contribution in [3.05, 3.63) is 98.9 Å². The predicted molar refractivity (Wildman–Crippen MR) is 113 cm³/mol. The number of hydrogen-bond donors (Lipinski definition) is 2. The second-order valence-corrected chi connectivity index (χ2v) is 6.53. The molecule has 8 heteroatoms. The van der Waals surface area contributed by atoms with Crippen LogP contribution in [0.5, 0.6) is 0 Å². The van der Waals surface area contributed by atoms with Gasteiger partial charge in [-0.3, -0.25) is 14.9 Å². The number of benzene rings is 3. The standard InChI is InChI=1S/C22H15N3O5/c23-22(27)14-7-5-13(6-8-14)16-3-1-2-4-18(16)24-19-12-21(26)30-20-10-9-15(25(28)29)11-17(19)20/h1-12,24H,(H2,23,27). The van der Waals surface area contributed by atoms with E-state index in [-0.39, 0.29) is 11.3 Å². The van der Waals surface area contributed by atoms with Gasteiger partial charge in [-0.15, -0.1) is 0 Å². The predicted octanol–water partition coefficient (Wildman–Crippen LogP) is 4.21. The number of hydrogen-bond acceptors (Lipinski definition) is 6. The van der Waals surface area contributed by atoms with Crippen LogP contribution in [-0.2, 0) is 0 Å². The molecule has 0 aliphatic heterocycles. The number of nitro groups is 1. The number of primary amides is 1. The van der Waals surface area contributed by atoms with Crippen LogP contribution in [0.1, 0.15) is 10.4 Å². The molecule has 8 nitrogen and oxygen atoms in total. The van der Waals surface area contributed by atoms with Gasteiger partial charge in [-0.2, -0.15) is 0 Å². The molecule has 3 N–H and O–H groups in total. The summed E-state index contributed by atoms with van der Waals surface area (Å²) < 4.78 is 5.16. The summed E-state index contributed by atoms with van der Waals surface area (Å²) in [4.78, 5) is 33.9. The minimum atomic E-state index is -0.581. The molecule has 0 bridgehead atoms. The van der Waals surface area contributed by atoms with Crippen molar-refractivity contribution in [1.29, 1.82) is 0 Å². The van der Waals surface area contributed by atoms with Crippen molar-refractivity contribution >= 4 is 33.9 Å². The van der Waals surface area contributed by atoms with Crippen LogP contribution in [0.2, 0.25) is 0 Å². The number of carbonyl (C=O) groups excluding carboxylic acids is 1. The van der Waals surface area contributed by atoms with Gasteiger partial charge in [0.15, 0.2) is 0 Å². The molecule has 0 unspecified atom stereocenters. The van der Waals surface area contributed by atoms with Crippen LogP contribution in [0.3, 0.4) is 0 Å². The number of nitro benzene ring substituents is 1. The van der Waals surface area contributed by atoms with Crippen LogP contribution in [0, 0.1) is 10.1 Å². The van der Waals surface area contributed by atoms with Gasteiger partial charge >= 0.3 is 5.63 Å². The van der Waals surface area contributed by atoms with E-state index in [2.05, 4.69) is 5.32 Å². The smallest absolute Gasteiger partial charge is 0.338 e. The van der Waals surface area contributed by atoms with E-state index in [1.165, 1.54) is 24.3 Å². The van der Waals surface area contributed by atoms with Crippen LogP contribution in [0.15, 0.2) is 82.0 Å². The number of para-hydroxylation sites is 1. The molecule has 1 aromatic heterocycles. The first kappa shape index (κ1) is 18.9. The van der Waals surface area contributed by atoms with Gasteiger partial charge in [-0.25, -0.2) is 4.79 Å². The van der Waals surface area contributed by atoms with Gasteiger partial charge in [-0.05, 0) is 29.8 Å². The number of non-ortho nitro benzene ring substituents is 1. The zero-order chi connectivity index (χ0) is 21.3. The number of nitrogens with one attached hydrogen (secondary N) is 1. The summed E-state index contributed by atoms with van der Waals surface area (Å²) in [5.74, 6) is -0.517. The van der Waals surface area contributed by atoms with Gasteiger partial charge in [0, 0.05) is 40.4 Å². The number of nitrogens with zero attached hydrogens (tertiary/aromatic N) is 1. The molecule has 0 fully saturated rings. The summed E-state index contributed by atoms with van der Waals surface area (Å²) >= 11 is 0. The molecular weight excluding hydrogens is 386 g/mol. The summed E-state index contributed by atoms with van der Waals surface area (Å²) in [5, 5.41) is 14.7. The lowest BCUT2D eigenvalue weighted by Gasteiger charge is -2.14. The van der Waals surface area contributed by atoms with Crippen molar-refractivity contribution in [2.45, 2.75) is 0 Å². The summed E-state index contributed by atoms with van der Waals surface area (Å²) in [7, 11) is 0. The Hall–Kier alpha value is -4.46. The lowest BCUT2D eigenvalue weighted by atomic mass is 10.0. The van der Waals surface area contributed by atoms with E-state index < -0.39 is 16.5 Å². The van der Waals surface area contributed by atoms with Gasteiger partial charge in [0.2, 0.25) is 5.91 Å². The first-order valence-electron chi connectivity index (χ1n) is 8.91. The number of fused-ring (bicyclic) bond motifs is 1. The molecule has 3 aromatic carbocycles. The van der Waals surface area contributed by atoms with Crippen molar-refractivity contribution in [3.8, 4) is 11.1 Å². The Kier molecular flexibility index (Phi) is 4.73. The monoisotopic (exact) mass is 401 g/mol. The average molecular weight is 401 g/mol. The Balaban J connectivity index is 1.81. The van der Waals surface area contributed by atoms with Crippen LogP contribution >= 0.6 is 0 Å². The zero-order valence-corrected chi connectivity index (χ0v) is 15.5. The molecule has 0 radical (unpaired) electrons. The Morgan fingerprint density at radius 3 is 2.40 bits per heavy atom. The van der Waals surface area contributed by atoms with E-state index >= 15 is 0 Å². The van der Waals surface area contributed by atoms with Crippen molar-refractivity contribution in [2.24, 2.45) is 5.73 Å². The van der Waals surface area contributed by atoms with E-state index in [4.69, 9.17) is 10.2 Å². The highest BCUT2D eigenvalue weighted by molar-refractivity contribution is 5.96. The van der Waals surface area contributed by atoms with Gasteiger partial charge in [0.1, 0.15) is 5.58 Å². The Morgan fingerprint density at radius 1 is 0.967 bits per heavy atom. The highest BCUT2D eigenvalue weighted by Gasteiger charge is 2.14. The Labute approximate surface area is 169 Å². The maximum atomic E-state index is 12.0. The summed E-state index contributed by atoms with van der Waals surface area (Å²) in [5.41, 5.74) is 7.90. The van der Waals surface area contributed by atoms with Crippen molar-refractivity contribution < 1.29 is 14.1 Å². The highest BCUT2D eigenvalue weighted by atomic mass is 16.6. The number of amides is 1. The quantitative estimate of drug-likeness (QED) is 0.293. The topological polar surface area (TPSA) is 128 Å². The molecule has 0 atom stereocenters. The van der Waals surface area contributed by atoms with Gasteiger partial charge in [-0.1, -0.05) is 30.3 Å². The molecule has 30 heavy (non-hydrogen) atoms. The van der Waals surface area contributed by atoms with Crippen LogP contribution in [-0.4, -0.2) is 10.8 Å². The fourth-order valence-electron chi connectivity index (χ4n) is 3.17. The average Bonchev–Trinajstić information content (AvgIpc) is 2.74. The fourth-order valence-corrected chi connectivity index (χ4v) is 3.17. The second kappa shape index (κ2) is 7.51. The maximum absolute atomic E-state index is 12.0. The third-order valence-electron chi connectivity index (χ3n) is 4.61. The molecule has 1 heterocycles. The summed E-state index contributed by atoms with van der Waals surface area (Å²) in [6.07, 6.45) is 0. The molecule has 1 amide bonds. The third-order valence-corrected chi connectivity index (χ3v) is 4.61. The van der Waals surface area contributed by atoms with Crippen molar-refractivity contribution in [1.82, 2.24) is 0 Å². The number of nitrogens with two attached hydrogens (primary N) is 1. The van der Waals surface area contributed by atoms with Gasteiger partial charge in [0.25, 0.3) is 5.69 Å². The van der Waals surface area contributed by atoms with E-state index in [1.807, 2.05) is 24.3 Å². The first-order chi connectivity index (χ1) is 14.4. The normalized spacial score (nSPS) is 10.7. The summed E-state index contributed by atoms with van der Waals surface area (Å²) in [6.45, 7) is 0. The number of carbonyl (C=O) groups is 1. The molecule has 4 rings (SSSR count). The van der Waals surface area contributed by atoms with Crippen LogP contribution in [0.25, 0.3) is 22.1 Å². The molecule has 0 spiro atoms. The fraction of sp³-hybridized carbons (Fsp3) is 0. The van der Waals surface area contributed by atoms with Crippen molar-refractivity contribution in [2.75, 3.05) is 5.32 Å². The van der Waals surface area contributed by atoms with Crippen LogP contribution < -0.4 is 16.7 Å². The maximum Gasteiger partial charge on any atom is 0.338 e. The molecule has 0 aliphatic rings. The van der Waals surface area contributed by atoms with Crippen LogP contribution in [0.4, 0.5) is 17.1 Å². The number of rotatable bonds is 5. The van der Waals surface area contributed by atoms with Gasteiger partial charge < -0.3 is 15.5 Å². The Bertz CT molecular complexity index is 1340. The third kappa shape index (κ3) is 3.61. The lowest BCUT2D eigenvalue weighted by Crippen LogP contribution is -2.10. The van der Waals surface area contributed by atoms with E-state index in [0.29, 0.717) is 22.3 Å². The molecule has 4 aromatic rings. The lowest BCUT2D eigenvalue weighted by molar-refractivity contribution is -0.384. The SMILES string of the molecule is NC(=O)c1ccc(-c2ccccc2Nc2cc(=O)oc3ccc([N+](=O)[O-])cc23)cc1. The zero-order valence-electron chi connectivity index (χ0n) is 15.5. The minimum absolute atomic E-state index is 0.116. The van der Waals surface area contributed by atoms with Crippen molar-refractivity contribution in [3.63, 3.8) is 0 Å².